The molecule has 7 heteroatoms. The Morgan fingerprint density at radius 2 is 2.03 bits per heavy atom. The van der Waals surface area contributed by atoms with Crippen LogP contribution in [0.4, 0.5) is 11.5 Å². The van der Waals surface area contributed by atoms with Gasteiger partial charge in [0.1, 0.15) is 24.5 Å². The zero-order chi connectivity index (χ0) is 20.2. The Balaban J connectivity index is 1.44. The van der Waals surface area contributed by atoms with Crippen LogP contribution in [0.25, 0.3) is 11.3 Å². The van der Waals surface area contributed by atoms with Crippen molar-refractivity contribution >= 4 is 11.5 Å². The van der Waals surface area contributed by atoms with Crippen molar-refractivity contribution in [2.45, 2.75) is 26.7 Å². The molecule has 0 radical (unpaired) electrons. The molecule has 7 nitrogen and oxygen atoms in total. The molecule has 0 bridgehead atoms. The molecule has 2 N–H and O–H groups in total. The Morgan fingerprint density at radius 1 is 1.14 bits per heavy atom. The molecule has 29 heavy (non-hydrogen) atoms. The number of anilines is 2. The summed E-state index contributed by atoms with van der Waals surface area (Å²) in [7, 11) is 0. The summed E-state index contributed by atoms with van der Waals surface area (Å²) in [4.78, 5) is 17.5. The van der Waals surface area contributed by atoms with Gasteiger partial charge < -0.3 is 15.4 Å². The monoisotopic (exact) mass is 390 g/mol. The maximum Gasteiger partial charge on any atom is 0.149 e. The van der Waals surface area contributed by atoms with Crippen molar-refractivity contribution in [1.29, 1.82) is 0 Å². The number of ether oxygens (including phenoxy) is 1. The second-order valence-electron chi connectivity index (χ2n) is 7.50. The average molecular weight is 390 g/mol. The van der Waals surface area contributed by atoms with Crippen LogP contribution in [0.5, 0.6) is 5.75 Å². The first kappa shape index (κ1) is 19.1. The summed E-state index contributed by atoms with van der Waals surface area (Å²) in [6.45, 7) is 8.68. The van der Waals surface area contributed by atoms with Gasteiger partial charge in [0, 0.05) is 48.4 Å². The van der Waals surface area contributed by atoms with Crippen LogP contribution in [-0.2, 0) is 0 Å². The fourth-order valence-corrected chi connectivity index (χ4v) is 3.40. The number of nitrogens with one attached hydrogen (secondary N) is 2. The molecular weight excluding hydrogens is 364 g/mol. The number of pyridine rings is 2. The highest BCUT2D eigenvalue weighted by Gasteiger charge is 2.23. The lowest BCUT2D eigenvalue weighted by Crippen LogP contribution is -2.22. The van der Waals surface area contributed by atoms with Crippen molar-refractivity contribution in [1.82, 2.24) is 19.9 Å². The van der Waals surface area contributed by atoms with Gasteiger partial charge in [-0.05, 0) is 30.9 Å². The molecule has 1 aliphatic heterocycles. The van der Waals surface area contributed by atoms with Gasteiger partial charge in [0.05, 0.1) is 17.6 Å². The van der Waals surface area contributed by atoms with Crippen molar-refractivity contribution in [3.63, 3.8) is 0 Å². The van der Waals surface area contributed by atoms with E-state index in [0.29, 0.717) is 12.5 Å². The summed E-state index contributed by atoms with van der Waals surface area (Å²) in [5.41, 5.74) is 4.94. The van der Waals surface area contributed by atoms with Crippen molar-refractivity contribution in [2.24, 2.45) is 5.92 Å². The lowest BCUT2D eigenvalue weighted by Gasteiger charge is -2.26. The Bertz CT molecular complexity index is 975. The third-order valence-corrected chi connectivity index (χ3v) is 5.41. The highest BCUT2D eigenvalue weighted by atomic mass is 16.5. The third-order valence-electron chi connectivity index (χ3n) is 5.41. The Hall–Kier alpha value is -3.22. The minimum Gasteiger partial charge on any atom is -0.489 e. The van der Waals surface area contributed by atoms with Crippen molar-refractivity contribution < 1.29 is 4.74 Å². The third kappa shape index (κ3) is 4.29. The molecule has 0 amide bonds. The molecule has 3 aromatic rings. The Kier molecular flexibility index (Phi) is 5.55. The van der Waals surface area contributed by atoms with Gasteiger partial charge in [-0.3, -0.25) is 9.97 Å². The molecule has 0 saturated carbocycles. The van der Waals surface area contributed by atoms with E-state index in [9.17, 15) is 0 Å². The minimum absolute atomic E-state index is 0.285. The molecule has 0 fully saturated rings. The standard InChI is InChI=1S/C22H26N6O/c1-14(16(3)18-11-23-12-20-22(18)29-7-6-24-20)9-26-21-8-19(27-13-28-21)17-5-4-15(2)25-10-17/h4-5,8,10-14,16,24H,6-7,9H2,1-3H3,(H,26,27,28)/t14-,16?/m1/s1. The fourth-order valence-electron chi connectivity index (χ4n) is 3.40. The number of fused-ring (bicyclic) bond motifs is 1. The van der Waals surface area contributed by atoms with Crippen molar-refractivity contribution in [3.05, 3.63) is 54.4 Å². The van der Waals surface area contributed by atoms with Crippen LogP contribution in [-0.4, -0.2) is 39.6 Å². The van der Waals surface area contributed by atoms with E-state index in [1.807, 2.05) is 43.7 Å². The maximum atomic E-state index is 5.91. The zero-order valence-electron chi connectivity index (χ0n) is 17.0. The van der Waals surface area contributed by atoms with Crippen LogP contribution in [0.1, 0.15) is 31.0 Å². The predicted molar refractivity (Wildman–Crippen MR) is 114 cm³/mol. The van der Waals surface area contributed by atoms with Crippen LogP contribution >= 0.6 is 0 Å². The predicted octanol–water partition coefficient (Wildman–Crippen LogP) is 3.90. The summed E-state index contributed by atoms with van der Waals surface area (Å²) in [6, 6.07) is 5.97. The van der Waals surface area contributed by atoms with E-state index < -0.39 is 0 Å². The molecular formula is C22H26N6O. The minimum atomic E-state index is 0.285. The summed E-state index contributed by atoms with van der Waals surface area (Å²) in [6.07, 6.45) is 7.17. The molecule has 4 rings (SSSR count). The van der Waals surface area contributed by atoms with Crippen LogP contribution in [0.3, 0.4) is 0 Å². The van der Waals surface area contributed by atoms with Gasteiger partial charge in [-0.25, -0.2) is 9.97 Å². The quantitative estimate of drug-likeness (QED) is 0.660. The topological polar surface area (TPSA) is 84.9 Å². The van der Waals surface area contributed by atoms with E-state index in [-0.39, 0.29) is 5.92 Å². The lowest BCUT2D eigenvalue weighted by molar-refractivity contribution is 0.314. The Morgan fingerprint density at radius 3 is 2.86 bits per heavy atom. The fraction of sp³-hybridized carbons (Fsp3) is 0.364. The summed E-state index contributed by atoms with van der Waals surface area (Å²) < 4.78 is 5.91. The zero-order valence-corrected chi connectivity index (χ0v) is 17.0. The Labute approximate surface area is 171 Å². The van der Waals surface area contributed by atoms with Gasteiger partial charge in [-0.15, -0.1) is 0 Å². The molecule has 150 valence electrons. The molecule has 0 spiro atoms. The first-order valence-corrected chi connectivity index (χ1v) is 9.95. The first-order valence-electron chi connectivity index (χ1n) is 9.95. The molecule has 2 atom stereocenters. The van der Waals surface area contributed by atoms with Gasteiger partial charge in [-0.1, -0.05) is 13.8 Å². The van der Waals surface area contributed by atoms with Crippen molar-refractivity contribution in [3.8, 4) is 17.0 Å². The average Bonchev–Trinajstić information content (AvgIpc) is 2.77. The molecule has 0 saturated heterocycles. The summed E-state index contributed by atoms with van der Waals surface area (Å²) in [5, 5.41) is 6.80. The molecule has 3 aromatic heterocycles. The van der Waals surface area contributed by atoms with Gasteiger partial charge in [0.2, 0.25) is 0 Å². The van der Waals surface area contributed by atoms with E-state index in [4.69, 9.17) is 4.74 Å². The molecule has 1 aliphatic rings. The molecule has 4 heterocycles. The second-order valence-corrected chi connectivity index (χ2v) is 7.50. The van der Waals surface area contributed by atoms with Gasteiger partial charge >= 0.3 is 0 Å². The van der Waals surface area contributed by atoms with E-state index in [1.165, 1.54) is 0 Å². The molecule has 1 unspecified atom stereocenters. The highest BCUT2D eigenvalue weighted by molar-refractivity contribution is 5.61. The van der Waals surface area contributed by atoms with E-state index in [0.717, 1.165) is 52.9 Å². The first-order chi connectivity index (χ1) is 14.1. The smallest absolute Gasteiger partial charge is 0.149 e. The number of nitrogens with zero attached hydrogens (tertiary/aromatic N) is 4. The van der Waals surface area contributed by atoms with Crippen LogP contribution in [0.2, 0.25) is 0 Å². The second kappa shape index (κ2) is 8.43. The van der Waals surface area contributed by atoms with Gasteiger partial charge in [-0.2, -0.15) is 0 Å². The van der Waals surface area contributed by atoms with Crippen molar-refractivity contribution in [2.75, 3.05) is 30.3 Å². The van der Waals surface area contributed by atoms with Crippen LogP contribution in [0, 0.1) is 12.8 Å². The maximum absolute atomic E-state index is 5.91. The SMILES string of the molecule is Cc1ccc(-c2cc(NC[C@@H](C)C(C)c3cncc4c3OCCN4)ncn2)cn1. The van der Waals surface area contributed by atoms with Crippen LogP contribution in [0.15, 0.2) is 43.1 Å². The summed E-state index contributed by atoms with van der Waals surface area (Å²) in [5.74, 6) is 2.38. The number of rotatable bonds is 6. The number of aromatic nitrogens is 4. The molecule has 0 aliphatic carbocycles. The van der Waals surface area contributed by atoms with E-state index in [1.54, 1.807) is 6.33 Å². The highest BCUT2D eigenvalue weighted by Crippen LogP contribution is 2.37. The van der Waals surface area contributed by atoms with Crippen LogP contribution < -0.4 is 15.4 Å². The number of hydrogen-bond acceptors (Lipinski definition) is 7. The number of hydrogen-bond donors (Lipinski definition) is 2. The van der Waals surface area contributed by atoms with E-state index in [2.05, 4.69) is 44.4 Å². The molecule has 0 aromatic carbocycles. The van der Waals surface area contributed by atoms with Gasteiger partial charge in [0.15, 0.2) is 0 Å². The number of aryl methyl sites for hydroxylation is 1. The van der Waals surface area contributed by atoms with E-state index >= 15 is 0 Å². The lowest BCUT2D eigenvalue weighted by atomic mass is 9.89. The van der Waals surface area contributed by atoms with Gasteiger partial charge in [0.25, 0.3) is 0 Å². The summed E-state index contributed by atoms with van der Waals surface area (Å²) >= 11 is 0. The normalized spacial score (nSPS) is 14.9. The largest absolute Gasteiger partial charge is 0.489 e.